The molecule has 1 unspecified atom stereocenters. The summed E-state index contributed by atoms with van der Waals surface area (Å²) in [5.41, 5.74) is 0.599. The molecular formula is C17H22N2O2. The van der Waals surface area contributed by atoms with Gasteiger partial charge in [0.1, 0.15) is 5.75 Å². The summed E-state index contributed by atoms with van der Waals surface area (Å²) < 4.78 is 5.63. The first kappa shape index (κ1) is 15.4. The Bertz CT molecular complexity index is 534. The molecule has 1 aliphatic rings. The van der Waals surface area contributed by atoms with Crippen LogP contribution in [0.3, 0.4) is 0 Å². The van der Waals surface area contributed by atoms with E-state index in [0.717, 1.165) is 19.5 Å². The highest BCUT2D eigenvalue weighted by Crippen LogP contribution is 2.24. The van der Waals surface area contributed by atoms with Crippen LogP contribution >= 0.6 is 0 Å². The van der Waals surface area contributed by atoms with Gasteiger partial charge in [0.25, 0.3) is 0 Å². The van der Waals surface area contributed by atoms with Crippen LogP contribution in [-0.2, 0) is 4.79 Å². The van der Waals surface area contributed by atoms with Gasteiger partial charge in [-0.25, -0.2) is 0 Å². The highest BCUT2D eigenvalue weighted by Gasteiger charge is 2.30. The van der Waals surface area contributed by atoms with E-state index in [1.807, 2.05) is 17.0 Å². The summed E-state index contributed by atoms with van der Waals surface area (Å²) >= 11 is 0. The van der Waals surface area contributed by atoms with Crippen molar-refractivity contribution in [3.8, 4) is 11.8 Å². The predicted molar refractivity (Wildman–Crippen MR) is 80.8 cm³/mol. The fourth-order valence-electron chi connectivity index (χ4n) is 2.57. The maximum absolute atomic E-state index is 11.9. The number of nitrogens with zero attached hydrogens (tertiary/aromatic N) is 2. The molecule has 0 aromatic heterocycles. The number of rotatable bonds is 6. The fourth-order valence-corrected chi connectivity index (χ4v) is 2.57. The molecule has 1 atom stereocenters. The Morgan fingerprint density at radius 3 is 2.95 bits per heavy atom. The van der Waals surface area contributed by atoms with E-state index in [1.54, 1.807) is 12.1 Å². The van der Waals surface area contributed by atoms with Gasteiger partial charge in [0, 0.05) is 19.5 Å². The van der Waals surface area contributed by atoms with E-state index >= 15 is 0 Å². The minimum atomic E-state index is 0.264. The van der Waals surface area contributed by atoms with Crippen molar-refractivity contribution in [2.24, 2.45) is 11.8 Å². The average molecular weight is 286 g/mol. The van der Waals surface area contributed by atoms with E-state index in [1.165, 1.54) is 0 Å². The van der Waals surface area contributed by atoms with Gasteiger partial charge < -0.3 is 9.64 Å². The van der Waals surface area contributed by atoms with E-state index in [0.29, 0.717) is 36.2 Å². The second-order valence-electron chi connectivity index (χ2n) is 5.89. The number of hydrogen-bond acceptors (Lipinski definition) is 3. The Kier molecular flexibility index (Phi) is 5.21. The lowest BCUT2D eigenvalue weighted by molar-refractivity contribution is -0.127. The van der Waals surface area contributed by atoms with Crippen molar-refractivity contribution in [1.82, 2.24) is 4.90 Å². The molecule has 21 heavy (non-hydrogen) atoms. The molecule has 0 saturated carbocycles. The Hall–Kier alpha value is -2.02. The second-order valence-corrected chi connectivity index (χ2v) is 5.89. The molecule has 0 N–H and O–H groups in total. The molecule has 1 amide bonds. The van der Waals surface area contributed by atoms with Gasteiger partial charge in [-0.3, -0.25) is 4.79 Å². The largest absolute Gasteiger partial charge is 0.493 e. The molecule has 1 saturated heterocycles. The van der Waals surface area contributed by atoms with Crippen LogP contribution in [-0.4, -0.2) is 30.5 Å². The standard InChI is InChI=1S/C17H22N2O2/c1-13(2)15-10-17(20)19(12-15)7-4-8-21-16-6-3-5-14(9-16)11-18/h3,5-6,9,13,15H,4,7-8,10,12H2,1-2H3. The Morgan fingerprint density at radius 2 is 2.29 bits per heavy atom. The fraction of sp³-hybridized carbons (Fsp3) is 0.529. The van der Waals surface area contributed by atoms with Gasteiger partial charge in [-0.05, 0) is 36.5 Å². The summed E-state index contributed by atoms with van der Waals surface area (Å²) in [7, 11) is 0. The topological polar surface area (TPSA) is 53.3 Å². The summed E-state index contributed by atoms with van der Waals surface area (Å²) in [6, 6.07) is 9.23. The minimum Gasteiger partial charge on any atom is -0.493 e. The molecule has 0 radical (unpaired) electrons. The van der Waals surface area contributed by atoms with E-state index in [2.05, 4.69) is 19.9 Å². The van der Waals surface area contributed by atoms with Crippen molar-refractivity contribution in [1.29, 1.82) is 5.26 Å². The Labute approximate surface area is 126 Å². The van der Waals surface area contributed by atoms with Gasteiger partial charge >= 0.3 is 0 Å². The molecule has 112 valence electrons. The van der Waals surface area contributed by atoms with Crippen molar-refractivity contribution < 1.29 is 9.53 Å². The molecule has 1 aliphatic heterocycles. The first-order valence-electron chi connectivity index (χ1n) is 7.51. The lowest BCUT2D eigenvalue weighted by atomic mass is 9.95. The van der Waals surface area contributed by atoms with Crippen molar-refractivity contribution >= 4 is 5.91 Å². The minimum absolute atomic E-state index is 0.264. The number of carbonyl (C=O) groups excluding carboxylic acids is 1. The van der Waals surface area contributed by atoms with E-state index in [4.69, 9.17) is 10.00 Å². The van der Waals surface area contributed by atoms with Crippen LogP contribution in [0.2, 0.25) is 0 Å². The zero-order valence-corrected chi connectivity index (χ0v) is 12.7. The van der Waals surface area contributed by atoms with Gasteiger partial charge in [0.05, 0.1) is 18.2 Å². The first-order valence-corrected chi connectivity index (χ1v) is 7.51. The number of ether oxygens (including phenoxy) is 1. The van der Waals surface area contributed by atoms with Crippen molar-refractivity contribution in [3.63, 3.8) is 0 Å². The van der Waals surface area contributed by atoms with Crippen LogP contribution < -0.4 is 4.74 Å². The van der Waals surface area contributed by atoms with E-state index < -0.39 is 0 Å². The molecule has 1 aromatic rings. The number of benzene rings is 1. The molecule has 1 heterocycles. The zero-order valence-electron chi connectivity index (χ0n) is 12.7. The smallest absolute Gasteiger partial charge is 0.222 e. The third kappa shape index (κ3) is 4.22. The average Bonchev–Trinajstić information content (AvgIpc) is 2.85. The van der Waals surface area contributed by atoms with E-state index in [-0.39, 0.29) is 5.91 Å². The number of carbonyl (C=O) groups is 1. The van der Waals surface area contributed by atoms with Gasteiger partial charge in [-0.1, -0.05) is 19.9 Å². The van der Waals surface area contributed by atoms with Gasteiger partial charge in [-0.15, -0.1) is 0 Å². The monoisotopic (exact) mass is 286 g/mol. The maximum Gasteiger partial charge on any atom is 0.222 e. The summed E-state index contributed by atoms with van der Waals surface area (Å²) in [6.45, 7) is 6.53. The maximum atomic E-state index is 11.9. The third-order valence-electron chi connectivity index (χ3n) is 3.99. The van der Waals surface area contributed by atoms with Crippen LogP contribution in [0, 0.1) is 23.2 Å². The lowest BCUT2D eigenvalue weighted by Crippen LogP contribution is -2.27. The molecule has 4 heteroatoms. The third-order valence-corrected chi connectivity index (χ3v) is 3.99. The Balaban J connectivity index is 1.73. The van der Waals surface area contributed by atoms with Gasteiger partial charge in [0.2, 0.25) is 5.91 Å². The number of nitriles is 1. The Morgan fingerprint density at radius 1 is 1.48 bits per heavy atom. The molecule has 0 aliphatic carbocycles. The van der Waals surface area contributed by atoms with Crippen LogP contribution in [0.1, 0.15) is 32.3 Å². The van der Waals surface area contributed by atoms with Crippen molar-refractivity contribution in [2.45, 2.75) is 26.7 Å². The van der Waals surface area contributed by atoms with Gasteiger partial charge in [0.15, 0.2) is 0 Å². The van der Waals surface area contributed by atoms with Crippen LogP contribution in [0.15, 0.2) is 24.3 Å². The van der Waals surface area contributed by atoms with Crippen LogP contribution in [0.25, 0.3) is 0 Å². The van der Waals surface area contributed by atoms with Crippen molar-refractivity contribution in [2.75, 3.05) is 19.7 Å². The normalized spacial score (nSPS) is 18.1. The highest BCUT2D eigenvalue weighted by atomic mass is 16.5. The summed E-state index contributed by atoms with van der Waals surface area (Å²) in [4.78, 5) is 13.8. The van der Waals surface area contributed by atoms with Crippen LogP contribution in [0.4, 0.5) is 0 Å². The van der Waals surface area contributed by atoms with Crippen molar-refractivity contribution in [3.05, 3.63) is 29.8 Å². The second kappa shape index (κ2) is 7.12. The lowest BCUT2D eigenvalue weighted by Gasteiger charge is -2.18. The molecule has 2 rings (SSSR count). The highest BCUT2D eigenvalue weighted by molar-refractivity contribution is 5.78. The predicted octanol–water partition coefficient (Wildman–Crippen LogP) is 2.83. The first-order chi connectivity index (χ1) is 10.1. The number of hydrogen-bond donors (Lipinski definition) is 0. The summed E-state index contributed by atoms with van der Waals surface area (Å²) in [5.74, 6) is 2.02. The molecule has 0 bridgehead atoms. The molecule has 0 spiro atoms. The summed E-state index contributed by atoms with van der Waals surface area (Å²) in [5, 5.41) is 8.83. The molecule has 1 aromatic carbocycles. The summed E-state index contributed by atoms with van der Waals surface area (Å²) in [6.07, 6.45) is 1.50. The molecule has 4 nitrogen and oxygen atoms in total. The van der Waals surface area contributed by atoms with E-state index in [9.17, 15) is 4.79 Å². The number of likely N-dealkylation sites (tertiary alicyclic amines) is 1. The molecule has 1 fully saturated rings. The number of amides is 1. The van der Waals surface area contributed by atoms with Gasteiger partial charge in [-0.2, -0.15) is 5.26 Å². The SMILES string of the molecule is CC(C)C1CC(=O)N(CCCOc2cccc(C#N)c2)C1. The quantitative estimate of drug-likeness (QED) is 0.756. The zero-order chi connectivity index (χ0) is 15.2. The molecular weight excluding hydrogens is 264 g/mol. The van der Waals surface area contributed by atoms with Crippen LogP contribution in [0.5, 0.6) is 5.75 Å².